The molecule has 38 heavy (non-hydrogen) atoms. The second-order valence-corrected chi connectivity index (χ2v) is 11.0. The van der Waals surface area contributed by atoms with Crippen LogP contribution in [0.1, 0.15) is 39.2 Å². The predicted octanol–water partition coefficient (Wildman–Crippen LogP) is 3.40. The van der Waals surface area contributed by atoms with Crippen LogP contribution in [0.5, 0.6) is 0 Å². The molecule has 4 amide bonds. The minimum Gasteiger partial charge on any atom is -0.325 e. The summed E-state index contributed by atoms with van der Waals surface area (Å²) >= 11 is 0. The molecule has 10 heteroatoms. The van der Waals surface area contributed by atoms with Crippen LogP contribution in [0, 0.1) is 17.8 Å². The number of hydrogen-bond acceptors (Lipinski definition) is 4. The van der Waals surface area contributed by atoms with Crippen molar-refractivity contribution in [3.8, 4) is 0 Å². The molecule has 0 aliphatic carbocycles. The summed E-state index contributed by atoms with van der Waals surface area (Å²) in [7, 11) is 1.37. The molecule has 0 bridgehead atoms. The maximum Gasteiger partial charge on any atom is 0.313 e. The number of para-hydroxylation sites is 1. The van der Waals surface area contributed by atoms with E-state index in [1.54, 1.807) is 12.1 Å². The van der Waals surface area contributed by atoms with Gasteiger partial charge >= 0.3 is 18.0 Å². The van der Waals surface area contributed by atoms with Crippen LogP contribution in [0.4, 0.5) is 15.8 Å². The number of fused-ring (bicyclic) bond motifs is 2. The quantitative estimate of drug-likeness (QED) is 0.477. The fraction of sp³-hybridized carbons (Fsp3) is 0.393. The van der Waals surface area contributed by atoms with Crippen molar-refractivity contribution >= 4 is 35.0 Å². The molecule has 0 unspecified atom stereocenters. The van der Waals surface area contributed by atoms with Crippen molar-refractivity contribution in [1.29, 1.82) is 0 Å². The van der Waals surface area contributed by atoms with E-state index in [0.29, 0.717) is 5.69 Å². The van der Waals surface area contributed by atoms with Gasteiger partial charge in [-0.2, -0.15) is 0 Å². The van der Waals surface area contributed by atoms with Crippen LogP contribution in [0.25, 0.3) is 4.85 Å². The van der Waals surface area contributed by atoms with E-state index in [-0.39, 0.29) is 31.0 Å². The number of nitrogens with one attached hydrogen (secondary N) is 2. The molecule has 9 nitrogen and oxygen atoms in total. The molecule has 0 saturated carbocycles. The molecule has 2 heterocycles. The van der Waals surface area contributed by atoms with E-state index in [1.807, 2.05) is 32.9 Å². The highest BCUT2D eigenvalue weighted by Gasteiger charge is 2.59. The van der Waals surface area contributed by atoms with Gasteiger partial charge in [-0.15, -0.1) is 0 Å². The maximum absolute atomic E-state index is 14.0. The first-order chi connectivity index (χ1) is 17.9. The van der Waals surface area contributed by atoms with Gasteiger partial charge < -0.3 is 15.5 Å². The number of rotatable bonds is 4. The zero-order chi connectivity index (χ0) is 27.8. The Labute approximate surface area is 220 Å². The van der Waals surface area contributed by atoms with Crippen LogP contribution in [0.2, 0.25) is 0 Å². The summed E-state index contributed by atoms with van der Waals surface area (Å²) in [5.74, 6) is -3.18. The first-order valence-corrected chi connectivity index (χ1v) is 12.3. The van der Waals surface area contributed by atoms with Crippen LogP contribution >= 0.6 is 0 Å². The lowest BCUT2D eigenvalue weighted by Gasteiger charge is -2.34. The van der Waals surface area contributed by atoms with Crippen LogP contribution in [0.15, 0.2) is 48.5 Å². The van der Waals surface area contributed by atoms with Gasteiger partial charge in [-0.25, -0.2) is 11.0 Å². The van der Waals surface area contributed by atoms with E-state index in [4.69, 9.17) is 6.57 Å². The fourth-order valence-corrected chi connectivity index (χ4v) is 5.14. The molecule has 2 aromatic carbocycles. The number of likely N-dealkylation sites (tertiary alicyclic amines) is 1. The number of likely N-dealkylation sites (N-methyl/N-ethyl adjacent to an activating group) is 1. The number of anilines is 2. The van der Waals surface area contributed by atoms with Gasteiger partial charge in [-0.05, 0) is 47.7 Å². The van der Waals surface area contributed by atoms with Gasteiger partial charge in [0.15, 0.2) is 0 Å². The highest BCUT2D eigenvalue weighted by Crippen LogP contribution is 2.47. The average Bonchev–Trinajstić information content (AvgIpc) is 3.40. The van der Waals surface area contributed by atoms with Crippen LogP contribution in [-0.4, -0.2) is 59.2 Å². The molecule has 1 fully saturated rings. The fourth-order valence-electron chi connectivity index (χ4n) is 5.14. The molecular formula is C28H30FN5O4. The van der Waals surface area contributed by atoms with Crippen molar-refractivity contribution < 1.29 is 23.6 Å². The molecule has 0 aromatic heterocycles. The minimum atomic E-state index is -1.06. The van der Waals surface area contributed by atoms with E-state index >= 15 is 0 Å². The highest BCUT2D eigenvalue weighted by atomic mass is 19.1. The number of carbonyl (C=O) groups excluding carboxylic acids is 4. The topological polar surface area (TPSA) is 103 Å². The second kappa shape index (κ2) is 9.89. The summed E-state index contributed by atoms with van der Waals surface area (Å²) < 4.78 is 13.2. The summed E-state index contributed by atoms with van der Waals surface area (Å²) in [5, 5.41) is 5.29. The Morgan fingerprint density at radius 1 is 1.21 bits per heavy atom. The van der Waals surface area contributed by atoms with Crippen molar-refractivity contribution in [2.24, 2.45) is 5.41 Å². The summed E-state index contributed by atoms with van der Waals surface area (Å²) in [5.41, 5.74) is 0.161. The third kappa shape index (κ3) is 4.96. The molecule has 198 valence electrons. The molecule has 1 saturated heterocycles. The third-order valence-corrected chi connectivity index (χ3v) is 7.06. The van der Waals surface area contributed by atoms with Crippen LogP contribution in [-0.2, 0) is 24.6 Å². The van der Waals surface area contributed by atoms with Crippen molar-refractivity contribution in [2.45, 2.75) is 51.2 Å². The predicted molar refractivity (Wildman–Crippen MR) is 139 cm³/mol. The Morgan fingerprint density at radius 2 is 1.87 bits per heavy atom. The van der Waals surface area contributed by atoms with Crippen molar-refractivity contribution in [3.05, 3.63) is 71.3 Å². The van der Waals surface area contributed by atoms with E-state index in [2.05, 4.69) is 15.5 Å². The van der Waals surface area contributed by atoms with Crippen molar-refractivity contribution in [1.82, 2.24) is 9.80 Å². The Kier molecular flexibility index (Phi) is 6.98. The van der Waals surface area contributed by atoms with E-state index in [0.717, 1.165) is 22.6 Å². The third-order valence-electron chi connectivity index (χ3n) is 7.06. The number of benzene rings is 2. The van der Waals surface area contributed by atoms with Crippen LogP contribution < -0.4 is 10.6 Å². The average molecular weight is 520 g/mol. The molecule has 2 aromatic rings. The Bertz CT molecular complexity index is 1330. The molecule has 2 aliphatic heterocycles. The Morgan fingerprint density at radius 3 is 2.50 bits per heavy atom. The molecule has 2 aliphatic rings. The van der Waals surface area contributed by atoms with Crippen LogP contribution in [0.3, 0.4) is 0 Å². The lowest BCUT2D eigenvalue weighted by molar-refractivity contribution is -0.150. The van der Waals surface area contributed by atoms with Gasteiger partial charge in [-0.3, -0.25) is 28.9 Å². The van der Waals surface area contributed by atoms with Gasteiger partial charge in [0.05, 0.1) is 6.42 Å². The lowest BCUT2D eigenvalue weighted by Crippen LogP contribution is -2.54. The van der Waals surface area contributed by atoms with Gasteiger partial charge in [-0.1, -0.05) is 39.0 Å². The molecule has 2 N–H and O–H groups in total. The molecular weight excluding hydrogens is 489 g/mol. The summed E-state index contributed by atoms with van der Waals surface area (Å²) in [6.45, 7) is 13.5. The minimum absolute atomic E-state index is 0.00776. The van der Waals surface area contributed by atoms with E-state index < -0.39 is 46.6 Å². The summed E-state index contributed by atoms with van der Waals surface area (Å²) in [6, 6.07) is 11.1. The number of hydrogen-bond donors (Lipinski definition) is 2. The van der Waals surface area contributed by atoms with Gasteiger partial charge in [0.25, 0.3) is 5.91 Å². The molecule has 4 rings (SSSR count). The number of nitrogens with zero attached hydrogens (tertiary/aromatic N) is 3. The highest BCUT2D eigenvalue weighted by molar-refractivity contribution is 6.39. The monoisotopic (exact) mass is 519 g/mol. The summed E-state index contributed by atoms with van der Waals surface area (Å²) in [4.78, 5) is 59.1. The van der Waals surface area contributed by atoms with E-state index in [9.17, 15) is 23.6 Å². The van der Waals surface area contributed by atoms with Crippen molar-refractivity contribution in [3.63, 3.8) is 0 Å². The zero-order valence-electron chi connectivity index (χ0n) is 21.7. The van der Waals surface area contributed by atoms with Crippen molar-refractivity contribution in [2.75, 3.05) is 24.2 Å². The van der Waals surface area contributed by atoms with Gasteiger partial charge in [0.1, 0.15) is 17.3 Å². The molecule has 3 atom stereocenters. The Hall–Kier alpha value is -4.26. The number of amides is 4. The maximum atomic E-state index is 14.0. The summed E-state index contributed by atoms with van der Waals surface area (Å²) in [6.07, 6.45) is -0.552. The standard InChI is InChI=1S/C28H30FN5O4/c1-27(2,3)14-21(33(5)25(37)23(35)31-18-12-10-17(29)11-13-18)24(36)34-16-28(15-22(34)30-4)19-8-6-7-9-20(19)32-26(28)38/h6-13,21-22H,14-16H2,1-3,5H3,(H,31,35)(H,32,38)/t21-,22-,28-/m0/s1. The second-order valence-electron chi connectivity index (χ2n) is 11.0. The van der Waals surface area contributed by atoms with E-state index in [1.165, 1.54) is 24.1 Å². The van der Waals surface area contributed by atoms with Gasteiger partial charge in [0, 0.05) is 25.0 Å². The molecule has 0 radical (unpaired) electrons. The first kappa shape index (κ1) is 26.8. The molecule has 1 spiro atoms. The van der Waals surface area contributed by atoms with Gasteiger partial charge in [0.2, 0.25) is 5.91 Å². The lowest BCUT2D eigenvalue weighted by atomic mass is 9.80. The zero-order valence-corrected chi connectivity index (χ0v) is 21.7. The number of carbonyl (C=O) groups is 4. The smallest absolute Gasteiger partial charge is 0.313 e. The number of halogens is 1. The SMILES string of the molecule is [C-]#[N+][C@@H]1C[C@@]2(CN1C(=O)[C@H](CC(C)(C)C)N(C)C(=O)C(=O)Nc1ccc(F)cc1)C(=O)Nc1ccccc12. The normalized spacial score (nSPS) is 20.9. The first-order valence-electron chi connectivity index (χ1n) is 12.3. The largest absolute Gasteiger partial charge is 0.325 e. The Balaban J connectivity index is 1.61.